The molecule has 0 saturated carbocycles. The summed E-state index contributed by atoms with van der Waals surface area (Å²) in [5.41, 5.74) is -0.0847. The largest absolute Gasteiger partial charge is 0.388 e. The Balaban J connectivity index is 1.82. The van der Waals surface area contributed by atoms with Crippen molar-refractivity contribution in [2.75, 3.05) is 19.7 Å². The lowest BCUT2D eigenvalue weighted by molar-refractivity contribution is -0.136. The molecule has 1 fully saturated rings. The van der Waals surface area contributed by atoms with Crippen LogP contribution in [0.1, 0.15) is 26.3 Å². The van der Waals surface area contributed by atoms with E-state index in [9.17, 15) is 9.90 Å². The van der Waals surface area contributed by atoms with Gasteiger partial charge in [-0.3, -0.25) is 4.79 Å². The minimum absolute atomic E-state index is 0.0566. The minimum Gasteiger partial charge on any atom is -0.388 e. The van der Waals surface area contributed by atoms with Crippen LogP contribution >= 0.6 is 0 Å². The highest BCUT2D eigenvalue weighted by molar-refractivity contribution is 5.78. The average molecular weight is 277 g/mol. The molecule has 4 heteroatoms. The highest BCUT2D eigenvalue weighted by Crippen LogP contribution is 2.38. The Morgan fingerprint density at radius 1 is 1.25 bits per heavy atom. The zero-order chi connectivity index (χ0) is 14.8. The molecule has 1 aromatic carbocycles. The zero-order valence-electron chi connectivity index (χ0n) is 12.4. The lowest BCUT2D eigenvalue weighted by atomic mass is 9.79. The summed E-state index contributed by atoms with van der Waals surface area (Å²) in [5.74, 6) is -0.0632. The summed E-state index contributed by atoms with van der Waals surface area (Å²) in [4.78, 5) is 13.8. The zero-order valence-corrected chi connectivity index (χ0v) is 12.4. The number of amides is 1. The van der Waals surface area contributed by atoms with E-state index < -0.39 is 5.60 Å². The van der Waals surface area contributed by atoms with Crippen molar-refractivity contribution in [3.63, 3.8) is 0 Å². The quantitative estimate of drug-likeness (QED) is 0.913. The first-order chi connectivity index (χ1) is 9.32. The number of nitrogens with zero attached hydrogens (tertiary/aromatic N) is 1. The summed E-state index contributed by atoms with van der Waals surface area (Å²) in [6.45, 7) is 7.16. The maximum atomic E-state index is 12.1. The van der Waals surface area contributed by atoms with Crippen LogP contribution in [-0.4, -0.2) is 41.2 Å². The van der Waals surface area contributed by atoms with Gasteiger partial charge in [0.25, 0.3) is 0 Å². The number of hydrogen-bond donors (Lipinski definition) is 1. The van der Waals surface area contributed by atoms with E-state index in [2.05, 4.69) is 0 Å². The fourth-order valence-corrected chi connectivity index (χ4v) is 2.39. The van der Waals surface area contributed by atoms with Crippen LogP contribution in [0.25, 0.3) is 0 Å². The van der Waals surface area contributed by atoms with Gasteiger partial charge in [-0.15, -0.1) is 0 Å². The van der Waals surface area contributed by atoms with Gasteiger partial charge >= 0.3 is 0 Å². The van der Waals surface area contributed by atoms with E-state index in [1.165, 1.54) is 0 Å². The van der Waals surface area contributed by atoms with E-state index in [4.69, 9.17) is 4.74 Å². The predicted molar refractivity (Wildman–Crippen MR) is 77.1 cm³/mol. The summed E-state index contributed by atoms with van der Waals surface area (Å²) in [7, 11) is 0. The van der Waals surface area contributed by atoms with Gasteiger partial charge in [0.05, 0.1) is 12.2 Å². The molecule has 4 nitrogen and oxygen atoms in total. The fraction of sp³-hybridized carbons (Fsp3) is 0.562. The van der Waals surface area contributed by atoms with Crippen LogP contribution in [0.2, 0.25) is 0 Å². The van der Waals surface area contributed by atoms with Gasteiger partial charge in [0.1, 0.15) is 6.61 Å². The van der Waals surface area contributed by atoms with Gasteiger partial charge in [-0.05, 0) is 12.5 Å². The van der Waals surface area contributed by atoms with Crippen LogP contribution in [0.15, 0.2) is 30.3 Å². The monoisotopic (exact) mass is 277 g/mol. The molecule has 1 aliphatic heterocycles. The van der Waals surface area contributed by atoms with Gasteiger partial charge in [0.15, 0.2) is 0 Å². The lowest BCUT2D eigenvalue weighted by Crippen LogP contribution is -2.40. The molecule has 20 heavy (non-hydrogen) atoms. The molecular formula is C16H23NO3. The maximum absolute atomic E-state index is 12.1. The Morgan fingerprint density at radius 3 is 2.45 bits per heavy atom. The third-order valence-corrected chi connectivity index (χ3v) is 4.23. The van der Waals surface area contributed by atoms with E-state index in [1.807, 2.05) is 44.2 Å². The standard InChI is InChI=1S/C16H23NO3/c1-15(2)11-17(12-16(15,3)19)14(18)10-20-9-13-7-5-4-6-8-13/h4-8,19H,9-12H2,1-3H3/t16-/m0/s1. The van der Waals surface area contributed by atoms with Crippen molar-refractivity contribution in [1.29, 1.82) is 0 Å². The molecule has 0 spiro atoms. The Bertz CT molecular complexity index is 452. The molecule has 0 aliphatic carbocycles. The third-order valence-electron chi connectivity index (χ3n) is 4.23. The number of likely N-dealkylation sites (tertiary alicyclic amines) is 1. The second-order valence-corrected chi connectivity index (χ2v) is 6.39. The van der Waals surface area contributed by atoms with Crippen molar-refractivity contribution in [2.24, 2.45) is 5.41 Å². The van der Waals surface area contributed by atoms with Crippen LogP contribution in [0.5, 0.6) is 0 Å². The first-order valence-corrected chi connectivity index (χ1v) is 6.94. The average Bonchev–Trinajstić information content (AvgIpc) is 2.60. The predicted octanol–water partition coefficient (Wildman–Crippen LogP) is 1.82. The molecule has 1 aliphatic rings. The summed E-state index contributed by atoms with van der Waals surface area (Å²) >= 11 is 0. The van der Waals surface area contributed by atoms with Crippen LogP contribution in [0.4, 0.5) is 0 Å². The smallest absolute Gasteiger partial charge is 0.248 e. The molecule has 110 valence electrons. The molecule has 1 aromatic rings. The molecule has 0 aromatic heterocycles. The Labute approximate surface area is 120 Å². The molecule has 1 amide bonds. The Hall–Kier alpha value is -1.39. The van der Waals surface area contributed by atoms with Gasteiger partial charge in [0.2, 0.25) is 5.91 Å². The molecule has 1 saturated heterocycles. The highest BCUT2D eigenvalue weighted by atomic mass is 16.5. The number of carbonyl (C=O) groups is 1. The summed E-state index contributed by atoms with van der Waals surface area (Å²) in [6, 6.07) is 9.77. The number of benzene rings is 1. The third kappa shape index (κ3) is 3.19. The van der Waals surface area contributed by atoms with Crippen molar-refractivity contribution < 1.29 is 14.6 Å². The lowest BCUT2D eigenvalue weighted by Gasteiger charge is -2.30. The normalized spacial score (nSPS) is 24.9. The topological polar surface area (TPSA) is 49.8 Å². The number of β-amino-alcohol motifs (C(OH)–C–C–N with tert-alkyl or cyclic N) is 1. The Kier molecular flexibility index (Phi) is 4.16. The van der Waals surface area contributed by atoms with Crippen molar-refractivity contribution in [3.8, 4) is 0 Å². The molecule has 0 unspecified atom stereocenters. The van der Waals surface area contributed by atoms with Crippen LogP contribution in [0, 0.1) is 5.41 Å². The van der Waals surface area contributed by atoms with Crippen molar-refractivity contribution in [1.82, 2.24) is 4.90 Å². The van der Waals surface area contributed by atoms with Gasteiger partial charge < -0.3 is 14.7 Å². The molecule has 0 bridgehead atoms. The number of rotatable bonds is 4. The van der Waals surface area contributed by atoms with E-state index in [0.29, 0.717) is 19.7 Å². The van der Waals surface area contributed by atoms with Crippen molar-refractivity contribution in [3.05, 3.63) is 35.9 Å². The summed E-state index contributed by atoms with van der Waals surface area (Å²) in [6.07, 6.45) is 0. The van der Waals surface area contributed by atoms with E-state index in [1.54, 1.807) is 11.8 Å². The molecule has 1 N–H and O–H groups in total. The van der Waals surface area contributed by atoms with E-state index in [0.717, 1.165) is 5.56 Å². The second-order valence-electron chi connectivity index (χ2n) is 6.39. The maximum Gasteiger partial charge on any atom is 0.248 e. The molecule has 1 atom stereocenters. The number of aliphatic hydroxyl groups is 1. The minimum atomic E-state index is -0.845. The summed E-state index contributed by atoms with van der Waals surface area (Å²) < 4.78 is 5.46. The second kappa shape index (κ2) is 5.54. The number of ether oxygens (including phenoxy) is 1. The van der Waals surface area contributed by atoms with Gasteiger partial charge in [-0.25, -0.2) is 0 Å². The summed E-state index contributed by atoms with van der Waals surface area (Å²) in [5, 5.41) is 10.3. The van der Waals surface area contributed by atoms with Crippen molar-refractivity contribution in [2.45, 2.75) is 33.0 Å². The van der Waals surface area contributed by atoms with Gasteiger partial charge in [-0.1, -0.05) is 44.2 Å². The molecular weight excluding hydrogens is 254 g/mol. The van der Waals surface area contributed by atoms with E-state index >= 15 is 0 Å². The SMILES string of the molecule is CC1(C)CN(C(=O)COCc2ccccc2)C[C@]1(C)O. The number of carbonyl (C=O) groups excluding carboxylic acids is 1. The first-order valence-electron chi connectivity index (χ1n) is 6.94. The molecule has 2 rings (SSSR count). The van der Waals surface area contributed by atoms with E-state index in [-0.39, 0.29) is 17.9 Å². The fourth-order valence-electron chi connectivity index (χ4n) is 2.39. The van der Waals surface area contributed by atoms with Gasteiger partial charge in [0, 0.05) is 18.5 Å². The highest BCUT2D eigenvalue weighted by Gasteiger charge is 2.49. The van der Waals surface area contributed by atoms with Crippen LogP contribution < -0.4 is 0 Å². The Morgan fingerprint density at radius 2 is 1.90 bits per heavy atom. The number of hydrogen-bond acceptors (Lipinski definition) is 3. The van der Waals surface area contributed by atoms with Crippen molar-refractivity contribution >= 4 is 5.91 Å². The van der Waals surface area contributed by atoms with Gasteiger partial charge in [-0.2, -0.15) is 0 Å². The van der Waals surface area contributed by atoms with Crippen LogP contribution in [-0.2, 0) is 16.1 Å². The first kappa shape index (κ1) is 15.0. The van der Waals surface area contributed by atoms with Crippen LogP contribution in [0.3, 0.4) is 0 Å². The molecule has 1 heterocycles. The molecule has 0 radical (unpaired) electrons.